The van der Waals surface area contributed by atoms with E-state index in [1.807, 2.05) is 6.92 Å². The van der Waals surface area contributed by atoms with Crippen LogP contribution in [0.3, 0.4) is 0 Å². The molecular weight excluding hydrogens is 363 g/mol. The third kappa shape index (κ3) is 3.98. The van der Waals surface area contributed by atoms with Gasteiger partial charge in [-0.25, -0.2) is 9.37 Å². The first-order valence-electron chi connectivity index (χ1n) is 8.58. The van der Waals surface area contributed by atoms with Crippen molar-refractivity contribution >= 4 is 23.1 Å². The van der Waals surface area contributed by atoms with E-state index in [2.05, 4.69) is 15.3 Å². The minimum atomic E-state index is -0.476. The van der Waals surface area contributed by atoms with Crippen molar-refractivity contribution in [2.45, 2.75) is 19.9 Å². The van der Waals surface area contributed by atoms with Crippen molar-refractivity contribution in [2.24, 2.45) is 0 Å². The molecule has 1 aromatic heterocycles. The highest BCUT2D eigenvalue weighted by molar-refractivity contribution is 5.81. The van der Waals surface area contributed by atoms with Crippen molar-refractivity contribution < 1.29 is 9.31 Å². The van der Waals surface area contributed by atoms with E-state index in [0.717, 1.165) is 5.56 Å². The average molecular weight is 382 g/mol. The summed E-state index contributed by atoms with van der Waals surface area (Å²) in [6.45, 7) is 2.20. The highest BCUT2D eigenvalue weighted by atomic mass is 19.1. The van der Waals surface area contributed by atoms with Gasteiger partial charge in [-0.05, 0) is 35.7 Å². The first kappa shape index (κ1) is 19.0. The van der Waals surface area contributed by atoms with E-state index in [9.17, 15) is 14.5 Å². The minimum absolute atomic E-state index is 0.0604. The van der Waals surface area contributed by atoms with Gasteiger partial charge in [0.25, 0.3) is 5.69 Å². The molecule has 0 fully saturated rings. The second kappa shape index (κ2) is 7.87. The van der Waals surface area contributed by atoms with E-state index in [0.29, 0.717) is 35.5 Å². The molecule has 0 radical (unpaired) electrons. The van der Waals surface area contributed by atoms with Crippen molar-refractivity contribution in [1.82, 2.24) is 9.97 Å². The van der Waals surface area contributed by atoms with E-state index < -0.39 is 4.92 Å². The molecular formula is C19H19FN6O2. The topological polar surface area (TPSA) is 133 Å². The van der Waals surface area contributed by atoms with Crippen molar-refractivity contribution in [1.29, 1.82) is 0 Å². The number of hydrogen-bond donors (Lipinski definition) is 3. The van der Waals surface area contributed by atoms with Crippen LogP contribution >= 0.6 is 0 Å². The van der Waals surface area contributed by atoms with Gasteiger partial charge in [-0.15, -0.1) is 0 Å². The molecule has 0 spiro atoms. The lowest BCUT2D eigenvalue weighted by atomic mass is 10.0. The number of halogens is 1. The van der Waals surface area contributed by atoms with Crippen molar-refractivity contribution in [3.8, 4) is 11.1 Å². The van der Waals surface area contributed by atoms with Gasteiger partial charge in [-0.3, -0.25) is 10.1 Å². The summed E-state index contributed by atoms with van der Waals surface area (Å²) >= 11 is 0. The van der Waals surface area contributed by atoms with Crippen molar-refractivity contribution in [3.63, 3.8) is 0 Å². The molecule has 0 saturated heterocycles. The summed E-state index contributed by atoms with van der Waals surface area (Å²) in [7, 11) is 0. The Kier molecular flexibility index (Phi) is 5.35. The highest BCUT2D eigenvalue weighted by Crippen LogP contribution is 2.35. The lowest BCUT2D eigenvalue weighted by Gasteiger charge is -2.13. The van der Waals surface area contributed by atoms with E-state index >= 15 is 0 Å². The number of aryl methyl sites for hydroxylation is 1. The number of nitrogens with zero attached hydrogens (tertiary/aromatic N) is 3. The fraction of sp³-hybridized carbons (Fsp3) is 0.158. The van der Waals surface area contributed by atoms with Gasteiger partial charge in [0, 0.05) is 18.2 Å². The van der Waals surface area contributed by atoms with Crippen LogP contribution in [0.15, 0.2) is 42.5 Å². The van der Waals surface area contributed by atoms with Crippen LogP contribution in [0, 0.1) is 15.9 Å². The van der Waals surface area contributed by atoms with Gasteiger partial charge in [-0.1, -0.05) is 25.1 Å². The number of benzene rings is 2. The molecule has 2 aromatic carbocycles. The Hall–Kier alpha value is -3.75. The molecule has 0 aliphatic heterocycles. The average Bonchev–Trinajstić information content (AvgIpc) is 2.67. The fourth-order valence-corrected chi connectivity index (χ4v) is 2.90. The lowest BCUT2D eigenvalue weighted by Crippen LogP contribution is -2.07. The highest BCUT2D eigenvalue weighted by Gasteiger charge is 2.19. The number of nitrogens with one attached hydrogen (secondary N) is 1. The van der Waals surface area contributed by atoms with Crippen molar-refractivity contribution in [3.05, 3.63) is 69.7 Å². The van der Waals surface area contributed by atoms with Gasteiger partial charge < -0.3 is 16.8 Å². The molecule has 0 amide bonds. The maximum Gasteiger partial charge on any atom is 0.292 e. The standard InChI is InChI=1S/C19H19FN6O2/c1-2-14-17(18(21)25-19(22)24-14)12-5-8-15(16(9-12)26(27)28)23-10-11-3-6-13(20)7-4-11/h3-9,23H,2,10H2,1H3,(H4,21,22,24,25). The first-order chi connectivity index (χ1) is 13.4. The summed E-state index contributed by atoms with van der Waals surface area (Å²) in [5, 5.41) is 14.6. The fourth-order valence-electron chi connectivity index (χ4n) is 2.90. The molecule has 8 nitrogen and oxygen atoms in total. The molecule has 0 atom stereocenters. The number of aromatic nitrogens is 2. The summed E-state index contributed by atoms with van der Waals surface area (Å²) < 4.78 is 13.0. The maximum atomic E-state index is 13.0. The third-order valence-corrected chi connectivity index (χ3v) is 4.24. The van der Waals surface area contributed by atoms with Crippen LogP contribution in [-0.4, -0.2) is 14.9 Å². The Bertz CT molecular complexity index is 1020. The van der Waals surface area contributed by atoms with Gasteiger partial charge in [-0.2, -0.15) is 4.98 Å². The molecule has 0 aliphatic rings. The van der Waals surface area contributed by atoms with Crippen LogP contribution in [-0.2, 0) is 13.0 Å². The Morgan fingerprint density at radius 3 is 2.50 bits per heavy atom. The van der Waals surface area contributed by atoms with E-state index in [1.54, 1.807) is 24.3 Å². The quantitative estimate of drug-likeness (QED) is 0.439. The summed E-state index contributed by atoms with van der Waals surface area (Å²) in [5.74, 6) is -0.107. The molecule has 144 valence electrons. The molecule has 0 unspecified atom stereocenters. The number of hydrogen-bond acceptors (Lipinski definition) is 7. The Morgan fingerprint density at radius 2 is 1.86 bits per heavy atom. The number of nitrogen functional groups attached to an aromatic ring is 2. The Balaban J connectivity index is 1.96. The molecule has 0 saturated carbocycles. The minimum Gasteiger partial charge on any atom is -0.383 e. The zero-order valence-electron chi connectivity index (χ0n) is 15.1. The number of nitrogens with two attached hydrogens (primary N) is 2. The van der Waals surface area contributed by atoms with Crippen LogP contribution in [0.5, 0.6) is 0 Å². The molecule has 0 aliphatic carbocycles. The number of anilines is 3. The Labute approximate surface area is 160 Å². The molecule has 3 rings (SSSR count). The lowest BCUT2D eigenvalue weighted by molar-refractivity contribution is -0.383. The summed E-state index contributed by atoms with van der Waals surface area (Å²) in [5.41, 5.74) is 14.3. The van der Waals surface area contributed by atoms with E-state index in [4.69, 9.17) is 11.5 Å². The van der Waals surface area contributed by atoms with E-state index in [-0.39, 0.29) is 23.3 Å². The number of rotatable bonds is 6. The van der Waals surface area contributed by atoms with Crippen LogP contribution in [0.4, 0.5) is 27.5 Å². The molecule has 9 heteroatoms. The monoisotopic (exact) mass is 382 g/mol. The predicted molar refractivity (Wildman–Crippen MR) is 106 cm³/mol. The normalized spacial score (nSPS) is 10.6. The van der Waals surface area contributed by atoms with Gasteiger partial charge in [0.05, 0.1) is 10.6 Å². The maximum absolute atomic E-state index is 13.0. The Morgan fingerprint density at radius 1 is 1.14 bits per heavy atom. The third-order valence-electron chi connectivity index (χ3n) is 4.24. The smallest absolute Gasteiger partial charge is 0.292 e. The van der Waals surface area contributed by atoms with Gasteiger partial charge >= 0.3 is 0 Å². The van der Waals surface area contributed by atoms with Gasteiger partial charge in [0.2, 0.25) is 5.95 Å². The second-order valence-electron chi connectivity index (χ2n) is 6.11. The number of nitro benzene ring substituents is 1. The van der Waals surface area contributed by atoms with Crippen LogP contribution in [0.25, 0.3) is 11.1 Å². The summed E-state index contributed by atoms with van der Waals surface area (Å²) in [4.78, 5) is 19.3. The largest absolute Gasteiger partial charge is 0.383 e. The second-order valence-corrected chi connectivity index (χ2v) is 6.11. The van der Waals surface area contributed by atoms with Gasteiger partial charge in [0.1, 0.15) is 17.3 Å². The van der Waals surface area contributed by atoms with Gasteiger partial charge in [0.15, 0.2) is 0 Å². The molecule has 28 heavy (non-hydrogen) atoms. The summed E-state index contributed by atoms with van der Waals surface area (Å²) in [6, 6.07) is 10.6. The SMILES string of the molecule is CCc1nc(N)nc(N)c1-c1ccc(NCc2ccc(F)cc2)c([N+](=O)[O-])c1. The molecule has 1 heterocycles. The molecule has 3 aromatic rings. The molecule has 0 bridgehead atoms. The predicted octanol–water partition coefficient (Wildman–Crippen LogP) is 3.53. The first-order valence-corrected chi connectivity index (χ1v) is 8.58. The van der Waals surface area contributed by atoms with Crippen molar-refractivity contribution in [2.75, 3.05) is 16.8 Å². The molecule has 5 N–H and O–H groups in total. The zero-order chi connectivity index (χ0) is 20.3. The van der Waals surface area contributed by atoms with Crippen LogP contribution in [0.1, 0.15) is 18.2 Å². The van der Waals surface area contributed by atoms with Crippen LogP contribution < -0.4 is 16.8 Å². The zero-order valence-corrected chi connectivity index (χ0v) is 15.1. The number of nitro groups is 1. The van der Waals surface area contributed by atoms with E-state index in [1.165, 1.54) is 18.2 Å². The van der Waals surface area contributed by atoms with Crippen LogP contribution in [0.2, 0.25) is 0 Å². The summed E-state index contributed by atoms with van der Waals surface area (Å²) in [6.07, 6.45) is 0.546.